The third kappa shape index (κ3) is 6.63. The molecule has 0 radical (unpaired) electrons. The second kappa shape index (κ2) is 12.6. The first-order chi connectivity index (χ1) is 20.2. The summed E-state index contributed by atoms with van der Waals surface area (Å²) >= 11 is 0. The van der Waals surface area contributed by atoms with Crippen LogP contribution in [0.5, 0.6) is 0 Å². The number of hydrogen-bond acceptors (Lipinski definition) is 9. The summed E-state index contributed by atoms with van der Waals surface area (Å²) in [6.45, 7) is 11.1. The van der Waals surface area contributed by atoms with Crippen molar-refractivity contribution in [3.8, 4) is 0 Å². The molecule has 3 aromatic rings. The Labute approximate surface area is 246 Å². The van der Waals surface area contributed by atoms with Crippen molar-refractivity contribution in [2.24, 2.45) is 0 Å². The Morgan fingerprint density at radius 3 is 2.45 bits per heavy atom. The van der Waals surface area contributed by atoms with Gasteiger partial charge in [-0.05, 0) is 42.8 Å². The van der Waals surface area contributed by atoms with Crippen molar-refractivity contribution < 1.29 is 13.2 Å². The highest BCUT2D eigenvalue weighted by Crippen LogP contribution is 2.22. The molecule has 13 heteroatoms. The van der Waals surface area contributed by atoms with Crippen LogP contribution in [0, 0.1) is 0 Å². The van der Waals surface area contributed by atoms with Crippen LogP contribution in [-0.2, 0) is 21.4 Å². The zero-order valence-electron chi connectivity index (χ0n) is 24.1. The zero-order chi connectivity index (χ0) is 29.9. The molecular formula is C29H38N8O4S. The molecule has 5 rings (SSSR count). The van der Waals surface area contributed by atoms with Gasteiger partial charge in [0.05, 0.1) is 6.26 Å². The minimum Gasteiger partial charge on any atom is -0.369 e. The molecule has 42 heavy (non-hydrogen) atoms. The van der Waals surface area contributed by atoms with Gasteiger partial charge in [-0.15, -0.1) is 0 Å². The molecular weight excluding hydrogens is 556 g/mol. The zero-order valence-corrected chi connectivity index (χ0v) is 25.0. The van der Waals surface area contributed by atoms with E-state index in [1.165, 1.54) is 16.6 Å². The van der Waals surface area contributed by atoms with Crippen molar-refractivity contribution >= 4 is 44.3 Å². The van der Waals surface area contributed by atoms with Crippen molar-refractivity contribution in [3.05, 3.63) is 65.6 Å². The Balaban J connectivity index is 1.26. The first kappa shape index (κ1) is 29.7. The molecule has 4 heterocycles. The average molecular weight is 595 g/mol. The van der Waals surface area contributed by atoms with E-state index >= 15 is 0 Å². The van der Waals surface area contributed by atoms with E-state index in [2.05, 4.69) is 33.6 Å². The number of fused-ring (bicyclic) bond motifs is 1. The lowest BCUT2D eigenvalue weighted by molar-refractivity contribution is -0.129. The molecule has 1 amide bonds. The summed E-state index contributed by atoms with van der Waals surface area (Å²) in [7, 11) is -3.17. The van der Waals surface area contributed by atoms with Crippen molar-refractivity contribution in [1.29, 1.82) is 0 Å². The lowest BCUT2D eigenvalue weighted by atomic mass is 10.1. The quantitative estimate of drug-likeness (QED) is 0.369. The maximum absolute atomic E-state index is 12.9. The summed E-state index contributed by atoms with van der Waals surface area (Å²) in [6, 6.07) is 11.4. The summed E-state index contributed by atoms with van der Waals surface area (Å²) < 4.78 is 26.8. The monoisotopic (exact) mass is 594 g/mol. The molecule has 224 valence electrons. The maximum Gasteiger partial charge on any atom is 0.252 e. The third-order valence-corrected chi connectivity index (χ3v) is 9.40. The van der Waals surface area contributed by atoms with Crippen LogP contribution in [0.15, 0.2) is 60.0 Å². The van der Waals surface area contributed by atoms with Gasteiger partial charge in [-0.25, -0.2) is 13.4 Å². The number of carbonyl (C=O) groups is 1. The molecule has 1 N–H and O–H groups in total. The Hall–Kier alpha value is -3.81. The van der Waals surface area contributed by atoms with Gasteiger partial charge in [0.25, 0.3) is 5.56 Å². The Bertz CT molecular complexity index is 1600. The van der Waals surface area contributed by atoms with Crippen LogP contribution in [0.1, 0.15) is 13.3 Å². The molecule has 1 aromatic carbocycles. The van der Waals surface area contributed by atoms with Crippen LogP contribution in [0.4, 0.5) is 17.3 Å². The SMILES string of the molecule is C=CC(=O)N1CCN(CCn2c(=O)ccc3cnc(Nc4ccc(N5CCN(S(C)(=O)=O)CC5)cc4)nc32)[C@@H](CC)C1. The molecule has 2 saturated heterocycles. The minimum absolute atomic E-state index is 0.0443. The number of anilines is 3. The van der Waals surface area contributed by atoms with E-state index in [-0.39, 0.29) is 17.5 Å². The fraction of sp³-hybridized carbons (Fsp3) is 0.448. The Kier molecular flexibility index (Phi) is 8.90. The van der Waals surface area contributed by atoms with E-state index in [4.69, 9.17) is 4.98 Å². The molecule has 12 nitrogen and oxygen atoms in total. The number of aromatic nitrogens is 3. The molecule has 2 fully saturated rings. The van der Waals surface area contributed by atoms with E-state index in [0.29, 0.717) is 64.0 Å². The number of rotatable bonds is 9. The lowest BCUT2D eigenvalue weighted by Gasteiger charge is -2.41. The van der Waals surface area contributed by atoms with Gasteiger partial charge in [0, 0.05) is 94.0 Å². The number of carbonyl (C=O) groups excluding carboxylic acids is 1. The van der Waals surface area contributed by atoms with Crippen LogP contribution in [0.3, 0.4) is 0 Å². The Morgan fingerprint density at radius 1 is 1.05 bits per heavy atom. The second-order valence-electron chi connectivity index (χ2n) is 10.7. The molecule has 0 aliphatic carbocycles. The summed E-state index contributed by atoms with van der Waals surface area (Å²) in [5, 5.41) is 4.02. The van der Waals surface area contributed by atoms with Crippen LogP contribution < -0.4 is 15.8 Å². The highest BCUT2D eigenvalue weighted by Gasteiger charge is 2.27. The van der Waals surface area contributed by atoms with E-state index in [0.717, 1.165) is 29.7 Å². The normalized spacial score (nSPS) is 18.8. The van der Waals surface area contributed by atoms with Crippen LogP contribution in [0.25, 0.3) is 11.0 Å². The minimum atomic E-state index is -3.17. The summed E-state index contributed by atoms with van der Waals surface area (Å²) in [4.78, 5) is 40.5. The number of nitrogens with zero attached hydrogens (tertiary/aromatic N) is 7. The van der Waals surface area contributed by atoms with E-state index < -0.39 is 10.0 Å². The summed E-state index contributed by atoms with van der Waals surface area (Å²) in [6.07, 6.45) is 5.22. The first-order valence-corrected chi connectivity index (χ1v) is 16.1. The van der Waals surface area contributed by atoms with Gasteiger partial charge in [0.2, 0.25) is 21.9 Å². The topological polar surface area (TPSA) is 124 Å². The van der Waals surface area contributed by atoms with Crippen molar-refractivity contribution in [2.75, 3.05) is 68.8 Å². The largest absolute Gasteiger partial charge is 0.369 e. The molecule has 2 aliphatic heterocycles. The molecule has 1 atom stereocenters. The number of hydrogen-bond donors (Lipinski definition) is 1. The second-order valence-corrected chi connectivity index (χ2v) is 12.7. The van der Waals surface area contributed by atoms with Crippen molar-refractivity contribution in [1.82, 2.24) is 28.6 Å². The van der Waals surface area contributed by atoms with Gasteiger partial charge >= 0.3 is 0 Å². The van der Waals surface area contributed by atoms with Gasteiger partial charge in [0.1, 0.15) is 5.65 Å². The molecule has 0 bridgehead atoms. The first-order valence-electron chi connectivity index (χ1n) is 14.3. The van der Waals surface area contributed by atoms with Crippen molar-refractivity contribution in [3.63, 3.8) is 0 Å². The highest BCUT2D eigenvalue weighted by atomic mass is 32.2. The highest BCUT2D eigenvalue weighted by molar-refractivity contribution is 7.88. The van der Waals surface area contributed by atoms with Gasteiger partial charge in [-0.3, -0.25) is 19.1 Å². The molecule has 0 saturated carbocycles. The molecule has 0 unspecified atom stereocenters. The predicted octanol–water partition coefficient (Wildman–Crippen LogP) is 1.73. The van der Waals surface area contributed by atoms with Crippen LogP contribution in [-0.4, -0.2) is 108 Å². The number of nitrogens with one attached hydrogen (secondary N) is 1. The smallest absolute Gasteiger partial charge is 0.252 e. The number of pyridine rings is 1. The van der Waals surface area contributed by atoms with Gasteiger partial charge < -0.3 is 15.1 Å². The number of piperazine rings is 2. The van der Waals surface area contributed by atoms with Crippen LogP contribution >= 0.6 is 0 Å². The fourth-order valence-corrected chi connectivity index (χ4v) is 6.47. The maximum atomic E-state index is 12.9. The summed E-state index contributed by atoms with van der Waals surface area (Å²) in [5.74, 6) is 0.344. The van der Waals surface area contributed by atoms with E-state index in [1.807, 2.05) is 29.2 Å². The summed E-state index contributed by atoms with van der Waals surface area (Å²) in [5.41, 5.74) is 2.26. The fourth-order valence-electron chi connectivity index (χ4n) is 5.64. The number of amides is 1. The lowest BCUT2D eigenvalue weighted by Crippen LogP contribution is -2.55. The van der Waals surface area contributed by atoms with Gasteiger partial charge in [-0.1, -0.05) is 13.5 Å². The predicted molar refractivity (Wildman–Crippen MR) is 165 cm³/mol. The average Bonchev–Trinajstić information content (AvgIpc) is 3.00. The molecule has 0 spiro atoms. The van der Waals surface area contributed by atoms with E-state index in [1.54, 1.807) is 22.9 Å². The number of benzene rings is 1. The van der Waals surface area contributed by atoms with Crippen molar-refractivity contribution in [2.45, 2.75) is 25.9 Å². The Morgan fingerprint density at radius 2 is 1.79 bits per heavy atom. The van der Waals surface area contributed by atoms with Crippen LogP contribution in [0.2, 0.25) is 0 Å². The molecule has 2 aliphatic rings. The van der Waals surface area contributed by atoms with Gasteiger partial charge in [-0.2, -0.15) is 9.29 Å². The van der Waals surface area contributed by atoms with Gasteiger partial charge in [0.15, 0.2) is 0 Å². The number of sulfonamides is 1. The molecule has 2 aromatic heterocycles. The van der Waals surface area contributed by atoms with E-state index in [9.17, 15) is 18.0 Å². The third-order valence-electron chi connectivity index (χ3n) is 8.09. The standard InChI is InChI=1S/C29H38N8O4S/c1-4-24-21-35(26(38)5-2)13-12-33(24)16-19-37-27(39)11-6-22-20-30-29(32-28(22)37)31-23-7-9-25(10-8-23)34-14-17-36(18-15-34)42(3,40)41/h5-11,20,24H,2,4,12-19,21H2,1,3H3,(H,30,31,32)/t24-/m0/s1.